The Bertz CT molecular complexity index is 493. The normalized spacial score (nSPS) is 11.6. The minimum absolute atomic E-state index is 0.0691. The van der Waals surface area contributed by atoms with Gasteiger partial charge in [-0.25, -0.2) is 14.6 Å². The van der Waals surface area contributed by atoms with Crippen molar-refractivity contribution in [2.75, 3.05) is 0 Å². The summed E-state index contributed by atoms with van der Waals surface area (Å²) in [5.74, 6) is 0.400. The molecule has 0 bridgehead atoms. The molecule has 0 amide bonds. The number of aromatic nitrogens is 6. The van der Waals surface area contributed by atoms with Gasteiger partial charge in [0.1, 0.15) is 18.6 Å². The lowest BCUT2D eigenvalue weighted by Crippen LogP contribution is -2.17. The molecule has 2 rings (SSSR count). The third-order valence-corrected chi connectivity index (χ3v) is 1.77. The highest BCUT2D eigenvalue weighted by Gasteiger charge is 2.04. The molecule has 2 heterocycles. The van der Waals surface area contributed by atoms with Crippen LogP contribution in [0.15, 0.2) is 23.7 Å². The molecule has 2 aromatic rings. The van der Waals surface area contributed by atoms with Crippen LogP contribution in [0.2, 0.25) is 0 Å². The van der Waals surface area contributed by atoms with Gasteiger partial charge in [-0.15, -0.1) is 5.10 Å². The molecule has 9 nitrogen and oxygen atoms in total. The smallest absolute Gasteiger partial charge is 0.188 e. The van der Waals surface area contributed by atoms with Crippen molar-refractivity contribution in [2.24, 2.45) is 10.9 Å². The molecule has 0 saturated heterocycles. The van der Waals surface area contributed by atoms with Crippen LogP contribution in [0, 0.1) is 0 Å². The summed E-state index contributed by atoms with van der Waals surface area (Å²) >= 11 is 0. The van der Waals surface area contributed by atoms with Crippen LogP contribution in [0.3, 0.4) is 0 Å². The fourth-order valence-electron chi connectivity index (χ4n) is 1.07. The Morgan fingerprint density at radius 1 is 1.56 bits per heavy atom. The van der Waals surface area contributed by atoms with Crippen molar-refractivity contribution >= 4 is 5.84 Å². The highest BCUT2D eigenvalue weighted by Crippen LogP contribution is 1.97. The predicted octanol–water partition coefficient (Wildman–Crippen LogP) is -1.39. The maximum atomic E-state index is 8.50. The van der Waals surface area contributed by atoms with Gasteiger partial charge in [0.25, 0.3) is 0 Å². The number of nitrogens with two attached hydrogens (primary N) is 1. The Labute approximate surface area is 89.6 Å². The largest absolute Gasteiger partial charge is 0.409 e. The number of hydrogen-bond acceptors (Lipinski definition) is 7. The summed E-state index contributed by atoms with van der Waals surface area (Å²) < 4.78 is 1.46. The number of hydrogen-bond donors (Lipinski definition) is 2. The van der Waals surface area contributed by atoms with Gasteiger partial charge in [0.15, 0.2) is 11.7 Å². The van der Waals surface area contributed by atoms with Crippen molar-refractivity contribution < 1.29 is 5.21 Å². The van der Waals surface area contributed by atoms with Crippen LogP contribution in [0.25, 0.3) is 0 Å². The summed E-state index contributed by atoms with van der Waals surface area (Å²) in [7, 11) is 0. The van der Waals surface area contributed by atoms with Crippen LogP contribution < -0.4 is 5.73 Å². The monoisotopic (exact) mass is 220 g/mol. The molecule has 0 atom stereocenters. The first-order valence-electron chi connectivity index (χ1n) is 4.30. The highest BCUT2D eigenvalue weighted by atomic mass is 16.4. The lowest BCUT2D eigenvalue weighted by molar-refractivity contribution is 0.318. The average molecular weight is 220 g/mol. The van der Waals surface area contributed by atoms with Gasteiger partial charge in [-0.3, -0.25) is 0 Å². The molecule has 0 radical (unpaired) electrons. The molecular weight excluding hydrogens is 212 g/mol. The first kappa shape index (κ1) is 9.96. The van der Waals surface area contributed by atoms with E-state index in [4.69, 9.17) is 10.9 Å². The topological polar surface area (TPSA) is 128 Å². The quantitative estimate of drug-likeness (QED) is 0.282. The van der Waals surface area contributed by atoms with Gasteiger partial charge in [-0.1, -0.05) is 5.16 Å². The summed E-state index contributed by atoms with van der Waals surface area (Å²) in [5, 5.41) is 22.0. The second kappa shape index (κ2) is 4.29. The van der Waals surface area contributed by atoms with Gasteiger partial charge >= 0.3 is 0 Å². The minimum Gasteiger partial charge on any atom is -0.409 e. The molecule has 0 unspecified atom stereocenters. The van der Waals surface area contributed by atoms with E-state index in [2.05, 4.69) is 30.6 Å². The Kier molecular flexibility index (Phi) is 2.67. The standard InChI is InChI=1S/C7H8N8O/c8-7(12-16)5-1-2-9-6(11-5)3-15-4-10-13-14-15/h1-2,4,16H,3H2,(H2,8,12). The number of tetrazole rings is 1. The zero-order valence-electron chi connectivity index (χ0n) is 8.09. The summed E-state index contributed by atoms with van der Waals surface area (Å²) in [4.78, 5) is 8.09. The van der Waals surface area contributed by atoms with E-state index in [0.29, 0.717) is 18.1 Å². The second-order valence-electron chi connectivity index (χ2n) is 2.85. The van der Waals surface area contributed by atoms with Crippen molar-refractivity contribution in [3.05, 3.63) is 30.1 Å². The van der Waals surface area contributed by atoms with E-state index in [-0.39, 0.29) is 5.84 Å². The minimum atomic E-state index is -0.0691. The molecule has 0 aromatic carbocycles. The van der Waals surface area contributed by atoms with Gasteiger partial charge in [0.2, 0.25) is 0 Å². The van der Waals surface area contributed by atoms with E-state index in [9.17, 15) is 0 Å². The Morgan fingerprint density at radius 3 is 3.12 bits per heavy atom. The summed E-state index contributed by atoms with van der Waals surface area (Å²) in [6, 6.07) is 1.54. The van der Waals surface area contributed by atoms with Crippen molar-refractivity contribution in [2.45, 2.75) is 6.54 Å². The van der Waals surface area contributed by atoms with Crippen LogP contribution >= 0.6 is 0 Å². The van der Waals surface area contributed by atoms with E-state index in [1.807, 2.05) is 0 Å². The summed E-state index contributed by atoms with van der Waals surface area (Å²) in [6.07, 6.45) is 2.96. The first-order valence-corrected chi connectivity index (χ1v) is 4.30. The Morgan fingerprint density at radius 2 is 2.44 bits per heavy atom. The number of oxime groups is 1. The predicted molar refractivity (Wildman–Crippen MR) is 51.5 cm³/mol. The summed E-state index contributed by atoms with van der Waals surface area (Å²) in [6.45, 7) is 0.319. The molecule has 0 fully saturated rings. The lowest BCUT2D eigenvalue weighted by atomic mass is 10.4. The van der Waals surface area contributed by atoms with Crippen LogP contribution in [-0.2, 0) is 6.54 Å². The fourth-order valence-corrected chi connectivity index (χ4v) is 1.07. The molecule has 0 spiro atoms. The van der Waals surface area contributed by atoms with E-state index >= 15 is 0 Å². The van der Waals surface area contributed by atoms with Gasteiger partial charge in [0.05, 0.1) is 0 Å². The first-order chi connectivity index (χ1) is 7.79. The summed E-state index contributed by atoms with van der Waals surface area (Å²) in [5.41, 5.74) is 5.75. The Hall–Kier alpha value is -2.58. The third kappa shape index (κ3) is 2.08. The molecule has 82 valence electrons. The van der Waals surface area contributed by atoms with Crippen molar-refractivity contribution in [3.8, 4) is 0 Å². The van der Waals surface area contributed by atoms with Crippen LogP contribution in [0.5, 0.6) is 0 Å². The number of nitrogens with zero attached hydrogens (tertiary/aromatic N) is 7. The van der Waals surface area contributed by atoms with Gasteiger partial charge in [-0.05, 0) is 16.5 Å². The van der Waals surface area contributed by atoms with Crippen molar-refractivity contribution in [3.63, 3.8) is 0 Å². The second-order valence-corrected chi connectivity index (χ2v) is 2.85. The molecule has 0 aliphatic carbocycles. The van der Waals surface area contributed by atoms with Crippen molar-refractivity contribution in [1.82, 2.24) is 30.2 Å². The number of rotatable bonds is 3. The van der Waals surface area contributed by atoms with Gasteiger partial charge < -0.3 is 10.9 Å². The molecule has 0 aliphatic rings. The van der Waals surface area contributed by atoms with Gasteiger partial charge in [0, 0.05) is 6.20 Å². The zero-order chi connectivity index (χ0) is 11.4. The SMILES string of the molecule is NC(=NO)c1ccnc(Cn2cnnn2)n1. The van der Waals surface area contributed by atoms with E-state index < -0.39 is 0 Å². The molecule has 0 aliphatic heterocycles. The molecular formula is C7H8N8O. The van der Waals surface area contributed by atoms with Crippen LogP contribution in [0.1, 0.15) is 11.5 Å². The Balaban J connectivity index is 2.23. The maximum Gasteiger partial charge on any atom is 0.188 e. The maximum absolute atomic E-state index is 8.50. The van der Waals surface area contributed by atoms with E-state index in [0.717, 1.165) is 0 Å². The highest BCUT2D eigenvalue weighted by molar-refractivity contribution is 5.95. The number of amidine groups is 1. The molecule has 16 heavy (non-hydrogen) atoms. The molecule has 9 heteroatoms. The third-order valence-electron chi connectivity index (χ3n) is 1.77. The molecule has 3 N–H and O–H groups in total. The zero-order valence-corrected chi connectivity index (χ0v) is 8.09. The van der Waals surface area contributed by atoms with Gasteiger partial charge in [-0.2, -0.15) is 0 Å². The van der Waals surface area contributed by atoms with Crippen molar-refractivity contribution in [1.29, 1.82) is 0 Å². The molecule has 2 aromatic heterocycles. The fraction of sp³-hybridized carbons (Fsp3) is 0.143. The van der Waals surface area contributed by atoms with Crippen LogP contribution in [-0.4, -0.2) is 41.2 Å². The van der Waals surface area contributed by atoms with E-state index in [1.165, 1.54) is 23.3 Å². The van der Waals surface area contributed by atoms with E-state index in [1.54, 1.807) is 0 Å². The van der Waals surface area contributed by atoms with Crippen LogP contribution in [0.4, 0.5) is 0 Å². The molecule has 0 saturated carbocycles. The lowest BCUT2D eigenvalue weighted by Gasteiger charge is -2.01. The average Bonchev–Trinajstić information content (AvgIpc) is 2.81.